The topological polar surface area (TPSA) is 79.5 Å². The van der Waals surface area contributed by atoms with E-state index in [0.29, 0.717) is 43.2 Å². The van der Waals surface area contributed by atoms with E-state index in [1.54, 1.807) is 18.2 Å². The van der Waals surface area contributed by atoms with Crippen LogP contribution in [0.4, 0.5) is 0 Å². The summed E-state index contributed by atoms with van der Waals surface area (Å²) in [6.45, 7) is 1.55. The van der Waals surface area contributed by atoms with E-state index >= 15 is 0 Å². The van der Waals surface area contributed by atoms with Crippen LogP contribution in [0.25, 0.3) is 10.9 Å². The zero-order chi connectivity index (χ0) is 18.1. The van der Waals surface area contributed by atoms with E-state index in [4.69, 9.17) is 4.74 Å². The number of aromatic nitrogens is 1. The van der Waals surface area contributed by atoms with E-state index in [0.717, 1.165) is 30.3 Å². The molecule has 0 radical (unpaired) electrons. The van der Waals surface area contributed by atoms with Crippen LogP contribution in [0.5, 0.6) is 0 Å². The summed E-state index contributed by atoms with van der Waals surface area (Å²) >= 11 is 0. The second kappa shape index (κ2) is 7.13. The molecular formula is C19H24N2O4S. The Hall–Kier alpha value is -1.70. The SMILES string of the molecule is O=Cc1c(C2CCCCC2)[nH]c2ccc(S(=O)(=O)N3CCOCC3)cc12. The molecule has 7 heteroatoms. The van der Waals surface area contributed by atoms with Crippen LogP contribution in [0.2, 0.25) is 0 Å². The number of morpholine rings is 1. The van der Waals surface area contributed by atoms with Crippen molar-refractivity contribution in [3.63, 3.8) is 0 Å². The van der Waals surface area contributed by atoms with Crippen LogP contribution in [-0.4, -0.2) is 50.3 Å². The summed E-state index contributed by atoms with van der Waals surface area (Å²) < 4.78 is 32.5. The zero-order valence-electron chi connectivity index (χ0n) is 14.7. The minimum absolute atomic E-state index is 0.240. The number of carbonyl (C=O) groups excluding carboxylic acids is 1. The largest absolute Gasteiger partial charge is 0.379 e. The second-order valence-corrected chi connectivity index (χ2v) is 9.07. The average Bonchev–Trinajstić information content (AvgIpc) is 3.07. The summed E-state index contributed by atoms with van der Waals surface area (Å²) in [5, 5.41) is 0.704. The lowest BCUT2D eigenvalue weighted by Crippen LogP contribution is -2.40. The van der Waals surface area contributed by atoms with Gasteiger partial charge in [-0.05, 0) is 37.0 Å². The number of rotatable bonds is 4. The molecule has 0 unspecified atom stereocenters. The summed E-state index contributed by atoms with van der Waals surface area (Å²) in [6.07, 6.45) is 6.62. The maximum absolute atomic E-state index is 12.9. The quantitative estimate of drug-likeness (QED) is 0.832. The van der Waals surface area contributed by atoms with Crippen LogP contribution in [0.15, 0.2) is 23.1 Å². The Kier molecular flexibility index (Phi) is 4.86. The van der Waals surface area contributed by atoms with E-state index in [-0.39, 0.29) is 4.90 Å². The Morgan fingerprint density at radius 3 is 2.54 bits per heavy atom. The molecule has 1 aliphatic carbocycles. The third kappa shape index (κ3) is 3.08. The van der Waals surface area contributed by atoms with Gasteiger partial charge in [0.1, 0.15) is 0 Å². The number of benzene rings is 1. The molecule has 26 heavy (non-hydrogen) atoms. The maximum Gasteiger partial charge on any atom is 0.243 e. The van der Waals surface area contributed by atoms with Crippen molar-refractivity contribution in [1.29, 1.82) is 0 Å². The molecule has 0 spiro atoms. The Morgan fingerprint density at radius 2 is 1.85 bits per heavy atom. The monoisotopic (exact) mass is 376 g/mol. The molecule has 1 aromatic carbocycles. The second-order valence-electron chi connectivity index (χ2n) is 7.13. The van der Waals surface area contributed by atoms with Gasteiger partial charge in [-0.1, -0.05) is 19.3 Å². The van der Waals surface area contributed by atoms with Crippen LogP contribution in [0, 0.1) is 0 Å². The third-order valence-electron chi connectivity index (χ3n) is 5.58. The van der Waals surface area contributed by atoms with Gasteiger partial charge in [0.25, 0.3) is 0 Å². The Morgan fingerprint density at radius 1 is 1.12 bits per heavy atom. The van der Waals surface area contributed by atoms with Gasteiger partial charge in [0.2, 0.25) is 10.0 Å². The van der Waals surface area contributed by atoms with E-state index in [2.05, 4.69) is 4.98 Å². The predicted molar refractivity (Wildman–Crippen MR) is 99.1 cm³/mol. The first-order valence-corrected chi connectivity index (χ1v) is 10.7. The molecular weight excluding hydrogens is 352 g/mol. The summed E-state index contributed by atoms with van der Waals surface area (Å²) in [5.41, 5.74) is 2.41. The van der Waals surface area contributed by atoms with Crippen LogP contribution in [-0.2, 0) is 14.8 Å². The highest BCUT2D eigenvalue weighted by Gasteiger charge is 2.28. The van der Waals surface area contributed by atoms with Gasteiger partial charge in [0.15, 0.2) is 6.29 Å². The molecule has 0 atom stereocenters. The minimum atomic E-state index is -3.57. The summed E-state index contributed by atoms with van der Waals surface area (Å²) in [7, 11) is -3.57. The van der Waals surface area contributed by atoms with Crippen molar-refractivity contribution in [1.82, 2.24) is 9.29 Å². The highest BCUT2D eigenvalue weighted by Crippen LogP contribution is 2.37. The number of aldehydes is 1. The Labute approximate surface area is 153 Å². The maximum atomic E-state index is 12.9. The summed E-state index contributed by atoms with van der Waals surface area (Å²) in [5.74, 6) is 0.357. The van der Waals surface area contributed by atoms with E-state index in [1.165, 1.54) is 23.6 Å². The molecule has 1 aliphatic heterocycles. The molecule has 0 bridgehead atoms. The van der Waals surface area contributed by atoms with Gasteiger partial charge < -0.3 is 9.72 Å². The fourth-order valence-corrected chi connectivity index (χ4v) is 5.58. The predicted octanol–water partition coefficient (Wildman–Crippen LogP) is 3.05. The normalized spacial score (nSPS) is 20.5. The van der Waals surface area contributed by atoms with Gasteiger partial charge in [0.05, 0.1) is 18.1 Å². The van der Waals surface area contributed by atoms with Crippen molar-refractivity contribution < 1.29 is 17.9 Å². The lowest BCUT2D eigenvalue weighted by Gasteiger charge is -2.26. The fourth-order valence-electron chi connectivity index (χ4n) is 4.15. The minimum Gasteiger partial charge on any atom is -0.379 e. The van der Waals surface area contributed by atoms with Crippen LogP contribution in [0.1, 0.15) is 54.1 Å². The van der Waals surface area contributed by atoms with Gasteiger partial charge in [-0.3, -0.25) is 4.79 Å². The summed E-state index contributed by atoms with van der Waals surface area (Å²) in [6, 6.07) is 5.05. The molecule has 140 valence electrons. The summed E-state index contributed by atoms with van der Waals surface area (Å²) in [4.78, 5) is 15.4. The first-order valence-electron chi connectivity index (χ1n) is 9.30. The molecule has 0 amide bonds. The first kappa shape index (κ1) is 17.7. The molecule has 6 nitrogen and oxygen atoms in total. The number of hydrogen-bond acceptors (Lipinski definition) is 4. The van der Waals surface area contributed by atoms with Crippen molar-refractivity contribution in [3.8, 4) is 0 Å². The van der Waals surface area contributed by atoms with E-state index < -0.39 is 10.0 Å². The standard InChI is InChI=1S/C19H24N2O4S/c22-13-17-16-12-15(26(23,24)21-8-10-25-11-9-21)6-7-18(16)20-19(17)14-4-2-1-3-5-14/h6-7,12-14,20H,1-5,8-11H2. The van der Waals surface area contributed by atoms with Crippen molar-refractivity contribution in [3.05, 3.63) is 29.5 Å². The molecule has 2 aromatic rings. The highest BCUT2D eigenvalue weighted by atomic mass is 32.2. The molecule has 4 rings (SSSR count). The molecule has 1 saturated carbocycles. The third-order valence-corrected chi connectivity index (χ3v) is 7.47. The van der Waals surface area contributed by atoms with Gasteiger partial charge in [-0.25, -0.2) is 8.42 Å². The van der Waals surface area contributed by atoms with Crippen LogP contribution >= 0.6 is 0 Å². The molecule has 1 aromatic heterocycles. The van der Waals surface area contributed by atoms with Crippen molar-refractivity contribution in [2.45, 2.75) is 42.9 Å². The Bertz CT molecular complexity index is 907. The number of carbonyl (C=O) groups is 1. The fraction of sp³-hybridized carbons (Fsp3) is 0.526. The molecule has 2 heterocycles. The number of sulfonamides is 1. The van der Waals surface area contributed by atoms with Gasteiger partial charge in [-0.15, -0.1) is 0 Å². The number of nitrogens with one attached hydrogen (secondary N) is 1. The number of ether oxygens (including phenoxy) is 1. The van der Waals surface area contributed by atoms with Crippen molar-refractivity contribution in [2.75, 3.05) is 26.3 Å². The average molecular weight is 376 g/mol. The van der Waals surface area contributed by atoms with E-state index in [9.17, 15) is 13.2 Å². The number of fused-ring (bicyclic) bond motifs is 1. The lowest BCUT2D eigenvalue weighted by molar-refractivity contribution is 0.0730. The molecule has 1 saturated heterocycles. The van der Waals surface area contributed by atoms with Crippen molar-refractivity contribution in [2.24, 2.45) is 0 Å². The number of aromatic amines is 1. The van der Waals surface area contributed by atoms with Gasteiger partial charge >= 0.3 is 0 Å². The number of hydrogen-bond donors (Lipinski definition) is 1. The Balaban J connectivity index is 1.75. The smallest absolute Gasteiger partial charge is 0.243 e. The van der Waals surface area contributed by atoms with Crippen LogP contribution < -0.4 is 0 Å². The zero-order valence-corrected chi connectivity index (χ0v) is 15.6. The number of H-pyrrole nitrogens is 1. The van der Waals surface area contributed by atoms with E-state index in [1.807, 2.05) is 0 Å². The van der Waals surface area contributed by atoms with Crippen molar-refractivity contribution >= 4 is 27.2 Å². The molecule has 2 aliphatic rings. The molecule has 1 N–H and O–H groups in total. The number of nitrogens with zero attached hydrogens (tertiary/aromatic N) is 1. The van der Waals surface area contributed by atoms with Gasteiger partial charge in [-0.2, -0.15) is 4.31 Å². The van der Waals surface area contributed by atoms with Crippen LogP contribution in [0.3, 0.4) is 0 Å². The molecule has 2 fully saturated rings. The first-order chi connectivity index (χ1) is 12.6. The van der Waals surface area contributed by atoms with Gasteiger partial charge in [0, 0.05) is 35.2 Å². The lowest BCUT2D eigenvalue weighted by atomic mass is 9.85. The highest BCUT2D eigenvalue weighted by molar-refractivity contribution is 7.89.